The summed E-state index contributed by atoms with van der Waals surface area (Å²) in [7, 11) is 0. The second-order valence-electron chi connectivity index (χ2n) is 4.33. The first kappa shape index (κ1) is 15.8. The van der Waals surface area contributed by atoms with Gasteiger partial charge in [-0.25, -0.2) is 4.79 Å². The van der Waals surface area contributed by atoms with Gasteiger partial charge in [0.15, 0.2) is 5.75 Å². The van der Waals surface area contributed by atoms with Crippen molar-refractivity contribution in [1.29, 1.82) is 0 Å². The van der Waals surface area contributed by atoms with Gasteiger partial charge in [-0.05, 0) is 36.8 Å². The third kappa shape index (κ3) is 3.94. The number of aromatic hydroxyl groups is 1. The number of aryl methyl sites for hydroxylation is 1. The van der Waals surface area contributed by atoms with E-state index in [1.54, 1.807) is 18.2 Å². The molecule has 21 heavy (non-hydrogen) atoms. The third-order valence-electron chi connectivity index (χ3n) is 2.70. The van der Waals surface area contributed by atoms with Gasteiger partial charge in [0, 0.05) is 16.4 Å². The lowest BCUT2D eigenvalue weighted by Crippen LogP contribution is -2.19. The van der Waals surface area contributed by atoms with Crippen LogP contribution in [0.25, 0.3) is 0 Å². The van der Waals surface area contributed by atoms with Gasteiger partial charge < -0.3 is 15.7 Å². The average Bonchev–Trinajstić information content (AvgIpc) is 2.40. The predicted octanol–water partition coefficient (Wildman–Crippen LogP) is 5.30. The first-order valence-electron chi connectivity index (χ1n) is 5.89. The molecule has 2 rings (SSSR count). The second-order valence-corrected chi connectivity index (χ2v) is 5.55. The minimum absolute atomic E-state index is 0.0520. The van der Waals surface area contributed by atoms with Gasteiger partial charge in [-0.1, -0.05) is 40.9 Å². The zero-order valence-electron chi connectivity index (χ0n) is 10.9. The summed E-state index contributed by atoms with van der Waals surface area (Å²) in [6, 6.07) is 7.49. The summed E-state index contributed by atoms with van der Waals surface area (Å²) in [5.41, 5.74) is 1.83. The molecular formula is C14H11Cl3N2O2. The van der Waals surface area contributed by atoms with E-state index in [-0.39, 0.29) is 15.8 Å². The Labute approximate surface area is 136 Å². The van der Waals surface area contributed by atoms with Crippen LogP contribution in [-0.4, -0.2) is 11.1 Å². The van der Waals surface area contributed by atoms with Crippen molar-refractivity contribution < 1.29 is 9.90 Å². The molecular weight excluding hydrogens is 335 g/mol. The Hall–Kier alpha value is -1.62. The topological polar surface area (TPSA) is 61.4 Å². The Kier molecular flexibility index (Phi) is 4.83. The van der Waals surface area contributed by atoms with Crippen molar-refractivity contribution in [3.63, 3.8) is 0 Å². The molecule has 0 aliphatic rings. The molecule has 0 aliphatic carbocycles. The summed E-state index contributed by atoms with van der Waals surface area (Å²) in [5, 5.41) is 15.3. The van der Waals surface area contributed by atoms with Gasteiger partial charge in [-0.15, -0.1) is 0 Å². The van der Waals surface area contributed by atoms with Crippen LogP contribution in [0.4, 0.5) is 16.2 Å². The Morgan fingerprint density at radius 3 is 2.05 bits per heavy atom. The summed E-state index contributed by atoms with van der Waals surface area (Å²) >= 11 is 17.5. The summed E-state index contributed by atoms with van der Waals surface area (Å²) in [6.07, 6.45) is 0. The summed E-state index contributed by atoms with van der Waals surface area (Å²) in [5.74, 6) is -0.227. The number of hydrogen-bond acceptors (Lipinski definition) is 2. The molecule has 0 spiro atoms. The number of nitrogens with one attached hydrogen (secondary N) is 2. The molecule has 0 atom stereocenters. The van der Waals surface area contributed by atoms with Crippen LogP contribution >= 0.6 is 34.8 Å². The van der Waals surface area contributed by atoms with Gasteiger partial charge in [0.1, 0.15) is 0 Å². The molecule has 0 saturated carbocycles. The maximum Gasteiger partial charge on any atom is 0.323 e. The molecule has 110 valence electrons. The van der Waals surface area contributed by atoms with Crippen LogP contribution in [0.3, 0.4) is 0 Å². The van der Waals surface area contributed by atoms with E-state index in [0.717, 1.165) is 5.56 Å². The molecule has 0 radical (unpaired) electrons. The van der Waals surface area contributed by atoms with E-state index < -0.39 is 6.03 Å². The minimum atomic E-state index is -0.479. The number of urea groups is 1. The highest BCUT2D eigenvalue weighted by Crippen LogP contribution is 2.34. The van der Waals surface area contributed by atoms with Crippen molar-refractivity contribution in [2.75, 3.05) is 10.6 Å². The Morgan fingerprint density at radius 1 is 0.952 bits per heavy atom. The number of halogens is 3. The number of benzene rings is 2. The van der Waals surface area contributed by atoms with Crippen LogP contribution in [-0.2, 0) is 0 Å². The van der Waals surface area contributed by atoms with Gasteiger partial charge >= 0.3 is 6.03 Å². The first-order valence-corrected chi connectivity index (χ1v) is 7.02. The summed E-state index contributed by atoms with van der Waals surface area (Å²) in [4.78, 5) is 11.9. The van der Waals surface area contributed by atoms with Crippen molar-refractivity contribution in [2.24, 2.45) is 0 Å². The standard InChI is InChI=1S/C14H11Cl3N2O2/c1-7-2-3-8(4-10(7)15)18-14(21)19-9-5-11(16)13(20)12(17)6-9/h2-6,20H,1H3,(H2,18,19,21). The molecule has 0 heterocycles. The van der Waals surface area contributed by atoms with Crippen molar-refractivity contribution in [3.8, 4) is 5.75 Å². The van der Waals surface area contributed by atoms with E-state index in [2.05, 4.69) is 10.6 Å². The zero-order chi connectivity index (χ0) is 15.6. The zero-order valence-corrected chi connectivity index (χ0v) is 13.1. The molecule has 7 heteroatoms. The number of anilines is 2. The largest absolute Gasteiger partial charge is 0.505 e. The van der Waals surface area contributed by atoms with Crippen molar-refractivity contribution in [3.05, 3.63) is 51.0 Å². The maximum absolute atomic E-state index is 11.9. The number of phenols is 1. The summed E-state index contributed by atoms with van der Waals surface area (Å²) < 4.78 is 0. The fourth-order valence-electron chi connectivity index (χ4n) is 1.60. The number of carbonyl (C=O) groups excluding carboxylic acids is 1. The fourth-order valence-corrected chi connectivity index (χ4v) is 2.27. The monoisotopic (exact) mass is 344 g/mol. The van der Waals surface area contributed by atoms with E-state index >= 15 is 0 Å². The molecule has 0 bridgehead atoms. The quantitative estimate of drug-likeness (QED) is 0.646. The van der Waals surface area contributed by atoms with Gasteiger partial charge in [-0.2, -0.15) is 0 Å². The lowest BCUT2D eigenvalue weighted by Gasteiger charge is -2.10. The molecule has 4 nitrogen and oxygen atoms in total. The van der Waals surface area contributed by atoms with Gasteiger partial charge in [0.05, 0.1) is 10.0 Å². The van der Waals surface area contributed by atoms with Crippen molar-refractivity contribution in [2.45, 2.75) is 6.92 Å². The number of carbonyl (C=O) groups is 1. The smallest absolute Gasteiger partial charge is 0.323 e. The Balaban J connectivity index is 2.09. The van der Waals surface area contributed by atoms with Crippen LogP contribution < -0.4 is 10.6 Å². The second kappa shape index (κ2) is 6.43. The van der Waals surface area contributed by atoms with E-state index in [1.807, 2.05) is 6.92 Å². The van der Waals surface area contributed by atoms with E-state index in [4.69, 9.17) is 34.8 Å². The molecule has 2 aromatic rings. The number of phenolic OH excluding ortho intramolecular Hbond substituents is 1. The molecule has 0 unspecified atom stereocenters. The molecule has 2 amide bonds. The van der Waals surface area contributed by atoms with Crippen LogP contribution in [0.15, 0.2) is 30.3 Å². The van der Waals surface area contributed by atoms with Crippen molar-refractivity contribution >= 4 is 52.2 Å². The first-order chi connectivity index (χ1) is 9.86. The lowest BCUT2D eigenvalue weighted by molar-refractivity contribution is 0.262. The van der Waals surface area contributed by atoms with Crippen molar-refractivity contribution in [1.82, 2.24) is 0 Å². The minimum Gasteiger partial charge on any atom is -0.505 e. The molecule has 2 aromatic carbocycles. The van der Waals surface area contributed by atoms with Crippen LogP contribution in [0.1, 0.15) is 5.56 Å². The number of amides is 2. The van der Waals surface area contributed by atoms with E-state index in [1.165, 1.54) is 12.1 Å². The molecule has 3 N–H and O–H groups in total. The van der Waals surface area contributed by atoms with Gasteiger partial charge in [0.2, 0.25) is 0 Å². The van der Waals surface area contributed by atoms with E-state index in [0.29, 0.717) is 16.4 Å². The van der Waals surface area contributed by atoms with Crippen LogP contribution in [0.2, 0.25) is 15.1 Å². The third-order valence-corrected chi connectivity index (χ3v) is 3.69. The Bertz CT molecular complexity index is 682. The van der Waals surface area contributed by atoms with Gasteiger partial charge in [-0.3, -0.25) is 0 Å². The summed E-state index contributed by atoms with van der Waals surface area (Å²) in [6.45, 7) is 1.87. The molecule has 0 aromatic heterocycles. The normalized spacial score (nSPS) is 10.3. The SMILES string of the molecule is Cc1ccc(NC(=O)Nc2cc(Cl)c(O)c(Cl)c2)cc1Cl. The highest BCUT2D eigenvalue weighted by atomic mass is 35.5. The maximum atomic E-state index is 11.9. The number of rotatable bonds is 2. The molecule has 0 saturated heterocycles. The Morgan fingerprint density at radius 2 is 1.48 bits per heavy atom. The number of hydrogen-bond donors (Lipinski definition) is 3. The molecule has 0 fully saturated rings. The molecule has 0 aliphatic heterocycles. The highest BCUT2D eigenvalue weighted by molar-refractivity contribution is 6.37. The van der Waals surface area contributed by atoms with Crippen LogP contribution in [0.5, 0.6) is 5.75 Å². The van der Waals surface area contributed by atoms with Gasteiger partial charge in [0.25, 0.3) is 0 Å². The average molecular weight is 346 g/mol. The predicted molar refractivity (Wildman–Crippen MR) is 87.0 cm³/mol. The lowest BCUT2D eigenvalue weighted by atomic mass is 10.2. The van der Waals surface area contributed by atoms with E-state index in [9.17, 15) is 9.90 Å². The van der Waals surface area contributed by atoms with Crippen LogP contribution in [0, 0.1) is 6.92 Å². The highest BCUT2D eigenvalue weighted by Gasteiger charge is 2.09. The fraction of sp³-hybridized carbons (Fsp3) is 0.0714.